The third-order valence-corrected chi connectivity index (χ3v) is 6.75. The van der Waals surface area contributed by atoms with Gasteiger partial charge in [-0.2, -0.15) is 9.78 Å². The highest BCUT2D eigenvalue weighted by Gasteiger charge is 2.12. The second-order valence-corrected chi connectivity index (χ2v) is 9.85. The number of hydrogen-bond donors (Lipinski definition) is 0. The van der Waals surface area contributed by atoms with Crippen molar-refractivity contribution in [3.63, 3.8) is 0 Å². The van der Waals surface area contributed by atoms with Gasteiger partial charge in [0.15, 0.2) is 0 Å². The van der Waals surface area contributed by atoms with Gasteiger partial charge < -0.3 is 4.74 Å². The first-order valence-electron chi connectivity index (χ1n) is 11.2. The maximum Gasteiger partial charge on any atom is 0.282 e. The standard InChI is InChI=1S/C28H21Br2N3O2/c1-2-27-32-25-13-12-21(30)15-23(25)28(34)33(27)31-16-24-22-6-4-3-5-19(22)9-14-26(24)35-17-18-7-10-20(29)11-8-18/h3-16H,2,17H2,1H3. The summed E-state index contributed by atoms with van der Waals surface area (Å²) in [5.74, 6) is 1.29. The zero-order valence-electron chi connectivity index (χ0n) is 18.9. The van der Waals surface area contributed by atoms with Crippen LogP contribution in [0, 0.1) is 0 Å². The fourth-order valence-corrected chi connectivity index (χ4v) is 4.56. The van der Waals surface area contributed by atoms with Crippen LogP contribution in [-0.2, 0) is 13.0 Å². The van der Waals surface area contributed by atoms with Gasteiger partial charge in [0.25, 0.3) is 5.56 Å². The Kier molecular flexibility index (Phi) is 6.79. The highest BCUT2D eigenvalue weighted by atomic mass is 79.9. The lowest BCUT2D eigenvalue weighted by Gasteiger charge is -2.13. The van der Waals surface area contributed by atoms with E-state index in [2.05, 4.69) is 41.9 Å². The number of rotatable bonds is 6. The fraction of sp³-hybridized carbons (Fsp3) is 0.107. The van der Waals surface area contributed by atoms with E-state index in [0.29, 0.717) is 35.5 Å². The summed E-state index contributed by atoms with van der Waals surface area (Å²) in [4.78, 5) is 18.0. The number of benzene rings is 4. The molecule has 0 aliphatic heterocycles. The van der Waals surface area contributed by atoms with Crippen LogP contribution in [0.5, 0.6) is 5.75 Å². The Morgan fingerprint density at radius 1 is 0.943 bits per heavy atom. The lowest BCUT2D eigenvalue weighted by atomic mass is 10.0. The van der Waals surface area contributed by atoms with Crippen LogP contribution >= 0.6 is 31.9 Å². The van der Waals surface area contributed by atoms with Gasteiger partial charge in [-0.3, -0.25) is 4.79 Å². The molecule has 5 aromatic rings. The Hall–Kier alpha value is -3.29. The Labute approximate surface area is 219 Å². The summed E-state index contributed by atoms with van der Waals surface area (Å²) in [5.41, 5.74) is 2.31. The van der Waals surface area contributed by atoms with Gasteiger partial charge in [0.2, 0.25) is 0 Å². The van der Waals surface area contributed by atoms with Gasteiger partial charge in [0.1, 0.15) is 18.2 Å². The predicted molar refractivity (Wildman–Crippen MR) is 148 cm³/mol. The van der Waals surface area contributed by atoms with Crippen molar-refractivity contribution in [3.05, 3.63) is 115 Å². The molecule has 0 N–H and O–H groups in total. The first-order valence-corrected chi connectivity index (χ1v) is 12.8. The summed E-state index contributed by atoms with van der Waals surface area (Å²) >= 11 is 6.91. The van der Waals surface area contributed by atoms with Crippen LogP contribution in [0.4, 0.5) is 0 Å². The average Bonchev–Trinajstić information content (AvgIpc) is 2.88. The number of hydrogen-bond acceptors (Lipinski definition) is 4. The van der Waals surface area contributed by atoms with E-state index in [-0.39, 0.29) is 5.56 Å². The fourth-order valence-electron chi connectivity index (χ4n) is 3.93. The zero-order chi connectivity index (χ0) is 24.4. The summed E-state index contributed by atoms with van der Waals surface area (Å²) < 4.78 is 9.44. The number of ether oxygens (including phenoxy) is 1. The van der Waals surface area contributed by atoms with E-state index in [9.17, 15) is 4.79 Å². The molecule has 0 radical (unpaired) electrons. The molecule has 0 bridgehead atoms. The van der Waals surface area contributed by atoms with Crippen molar-refractivity contribution in [1.82, 2.24) is 9.66 Å². The molecule has 4 aromatic carbocycles. The van der Waals surface area contributed by atoms with Gasteiger partial charge in [0.05, 0.1) is 17.1 Å². The molecule has 1 aromatic heterocycles. The Balaban J connectivity index is 1.60. The van der Waals surface area contributed by atoms with Gasteiger partial charge in [-0.1, -0.05) is 81.2 Å². The van der Waals surface area contributed by atoms with E-state index in [1.807, 2.05) is 79.7 Å². The van der Waals surface area contributed by atoms with Crippen LogP contribution in [0.25, 0.3) is 21.7 Å². The molecule has 5 rings (SSSR count). The second-order valence-electron chi connectivity index (χ2n) is 8.02. The van der Waals surface area contributed by atoms with Gasteiger partial charge in [-0.05, 0) is 52.7 Å². The molecule has 0 saturated carbocycles. The van der Waals surface area contributed by atoms with E-state index in [4.69, 9.17) is 4.74 Å². The quantitative estimate of drug-likeness (QED) is 0.198. The van der Waals surface area contributed by atoms with Crippen LogP contribution < -0.4 is 10.3 Å². The van der Waals surface area contributed by atoms with Gasteiger partial charge >= 0.3 is 0 Å². The SMILES string of the molecule is CCc1nc2ccc(Br)cc2c(=O)n1N=Cc1c(OCc2ccc(Br)cc2)ccc2ccccc12. The van der Waals surface area contributed by atoms with E-state index in [1.165, 1.54) is 4.68 Å². The van der Waals surface area contributed by atoms with E-state index in [0.717, 1.165) is 30.8 Å². The van der Waals surface area contributed by atoms with Crippen molar-refractivity contribution in [3.8, 4) is 5.75 Å². The smallest absolute Gasteiger partial charge is 0.282 e. The molecule has 0 aliphatic carbocycles. The molecule has 35 heavy (non-hydrogen) atoms. The maximum absolute atomic E-state index is 13.3. The molecule has 0 spiro atoms. The van der Waals surface area contributed by atoms with Crippen LogP contribution in [0.15, 0.2) is 97.7 Å². The first kappa shape index (κ1) is 23.5. The van der Waals surface area contributed by atoms with Crippen molar-refractivity contribution in [2.45, 2.75) is 20.0 Å². The molecule has 0 unspecified atom stereocenters. The third-order valence-electron chi connectivity index (χ3n) is 5.73. The van der Waals surface area contributed by atoms with Crippen LogP contribution in [-0.4, -0.2) is 15.9 Å². The summed E-state index contributed by atoms with van der Waals surface area (Å²) in [6, 6.07) is 25.6. The average molecular weight is 591 g/mol. The maximum atomic E-state index is 13.3. The molecule has 0 fully saturated rings. The lowest BCUT2D eigenvalue weighted by Crippen LogP contribution is -2.22. The molecule has 0 saturated heterocycles. The Morgan fingerprint density at radius 3 is 2.51 bits per heavy atom. The largest absolute Gasteiger partial charge is 0.488 e. The van der Waals surface area contributed by atoms with Crippen molar-refractivity contribution in [2.24, 2.45) is 5.10 Å². The highest BCUT2D eigenvalue weighted by Crippen LogP contribution is 2.28. The number of nitrogens with zero attached hydrogens (tertiary/aromatic N) is 3. The minimum Gasteiger partial charge on any atom is -0.488 e. The van der Waals surface area contributed by atoms with Crippen molar-refractivity contribution >= 4 is 59.7 Å². The molecule has 0 atom stereocenters. The molecular weight excluding hydrogens is 570 g/mol. The number of aromatic nitrogens is 2. The summed E-state index contributed by atoms with van der Waals surface area (Å²) in [6.07, 6.45) is 2.27. The van der Waals surface area contributed by atoms with Gasteiger partial charge in [-0.25, -0.2) is 4.98 Å². The van der Waals surface area contributed by atoms with Crippen molar-refractivity contribution in [2.75, 3.05) is 0 Å². The topological polar surface area (TPSA) is 56.5 Å². The number of fused-ring (bicyclic) bond motifs is 2. The summed E-state index contributed by atoms with van der Waals surface area (Å²) in [7, 11) is 0. The molecule has 7 heteroatoms. The normalized spacial score (nSPS) is 11.5. The minimum atomic E-state index is -0.207. The van der Waals surface area contributed by atoms with Crippen LogP contribution in [0.1, 0.15) is 23.9 Å². The molecule has 174 valence electrons. The second kappa shape index (κ2) is 10.1. The van der Waals surface area contributed by atoms with Crippen molar-refractivity contribution < 1.29 is 4.74 Å². The summed E-state index contributed by atoms with van der Waals surface area (Å²) in [6.45, 7) is 2.38. The van der Waals surface area contributed by atoms with Gasteiger partial charge in [-0.15, -0.1) is 0 Å². The molecule has 1 heterocycles. The van der Waals surface area contributed by atoms with Crippen molar-refractivity contribution in [1.29, 1.82) is 0 Å². The molecule has 5 nitrogen and oxygen atoms in total. The highest BCUT2D eigenvalue weighted by molar-refractivity contribution is 9.10. The molecule has 0 aliphatic rings. The first-order chi connectivity index (χ1) is 17.0. The minimum absolute atomic E-state index is 0.207. The third kappa shape index (κ3) is 4.92. The number of aryl methyl sites for hydroxylation is 1. The lowest BCUT2D eigenvalue weighted by molar-refractivity contribution is 0.306. The monoisotopic (exact) mass is 589 g/mol. The zero-order valence-corrected chi connectivity index (χ0v) is 22.1. The van der Waals surface area contributed by atoms with E-state index >= 15 is 0 Å². The van der Waals surface area contributed by atoms with E-state index in [1.54, 1.807) is 12.3 Å². The predicted octanol–water partition coefficient (Wildman–Crippen LogP) is 7.10. The number of halogens is 2. The van der Waals surface area contributed by atoms with Crippen LogP contribution in [0.3, 0.4) is 0 Å². The Morgan fingerprint density at radius 2 is 1.71 bits per heavy atom. The van der Waals surface area contributed by atoms with Crippen LogP contribution in [0.2, 0.25) is 0 Å². The summed E-state index contributed by atoms with van der Waals surface area (Å²) in [5, 5.41) is 7.19. The molecular formula is C28H21Br2N3O2. The van der Waals surface area contributed by atoms with E-state index < -0.39 is 0 Å². The Bertz CT molecular complexity index is 1630. The van der Waals surface area contributed by atoms with Gasteiger partial charge in [0, 0.05) is 20.9 Å². The molecule has 0 amide bonds.